The van der Waals surface area contributed by atoms with Gasteiger partial charge in [-0.05, 0) is 57.0 Å². The monoisotopic (exact) mass is 575 g/mol. The van der Waals surface area contributed by atoms with Gasteiger partial charge in [0.05, 0.1) is 7.11 Å². The zero-order valence-corrected chi connectivity index (χ0v) is 21.5. The highest BCUT2D eigenvalue weighted by Gasteiger charge is 2.45. The van der Waals surface area contributed by atoms with Gasteiger partial charge in [-0.15, -0.1) is 0 Å². The smallest absolute Gasteiger partial charge is 0.328 e. The number of methoxy groups -OCH3 is 1. The Bertz CT molecular complexity index is 1160. The van der Waals surface area contributed by atoms with E-state index in [2.05, 4.69) is 27.9 Å². The van der Waals surface area contributed by atoms with E-state index < -0.39 is 17.4 Å². The van der Waals surface area contributed by atoms with Crippen LogP contribution in [0.15, 0.2) is 115 Å². The van der Waals surface area contributed by atoms with Crippen LogP contribution in [0.4, 0.5) is 0 Å². The van der Waals surface area contributed by atoms with Crippen molar-refractivity contribution in [2.24, 2.45) is 0 Å². The van der Waals surface area contributed by atoms with Crippen molar-refractivity contribution in [3.05, 3.63) is 141 Å². The van der Waals surface area contributed by atoms with E-state index in [4.69, 9.17) is 4.74 Å². The van der Waals surface area contributed by atoms with Gasteiger partial charge in [0, 0.05) is 9.99 Å². The molecule has 4 aromatic rings. The first-order valence-corrected chi connectivity index (χ1v) is 12.4. The number of carbonyl (C=O) groups excluding carboxylic acids is 2. The average molecular weight is 575 g/mol. The summed E-state index contributed by atoms with van der Waals surface area (Å²) in [5, 5.41) is 3.05. The first-order valence-electron chi connectivity index (χ1n) is 11.4. The summed E-state index contributed by atoms with van der Waals surface area (Å²) in [7, 11) is 1.34. The molecule has 1 N–H and O–H groups in total. The van der Waals surface area contributed by atoms with Crippen molar-refractivity contribution in [1.82, 2.24) is 5.32 Å². The lowest BCUT2D eigenvalue weighted by Crippen LogP contribution is -2.52. The fourth-order valence-electron chi connectivity index (χ4n) is 4.42. The minimum Gasteiger partial charge on any atom is -0.467 e. The van der Waals surface area contributed by atoms with Crippen LogP contribution in [0.2, 0.25) is 0 Å². The van der Waals surface area contributed by atoms with E-state index in [0.717, 1.165) is 25.8 Å². The second kappa shape index (κ2) is 11.3. The third kappa shape index (κ3) is 5.30. The number of rotatable bonds is 8. The Kier molecular flexibility index (Phi) is 7.98. The van der Waals surface area contributed by atoms with Crippen molar-refractivity contribution in [1.29, 1.82) is 0 Å². The van der Waals surface area contributed by atoms with E-state index >= 15 is 0 Å². The normalized spacial score (nSPS) is 11.9. The highest BCUT2D eigenvalue weighted by atomic mass is 127. The average Bonchev–Trinajstić information content (AvgIpc) is 2.91. The zero-order chi connectivity index (χ0) is 24.7. The number of nitrogens with one attached hydrogen (secondary N) is 1. The molecule has 0 aliphatic heterocycles. The molecule has 4 nitrogen and oxygen atoms in total. The highest BCUT2D eigenvalue weighted by Crippen LogP contribution is 2.39. The Morgan fingerprint density at radius 2 is 1.17 bits per heavy atom. The predicted octanol–water partition coefficient (Wildman–Crippen LogP) is 5.53. The van der Waals surface area contributed by atoms with Gasteiger partial charge in [-0.3, -0.25) is 4.79 Å². The second-order valence-electron chi connectivity index (χ2n) is 8.23. The number of amides is 1. The molecule has 176 valence electrons. The summed E-state index contributed by atoms with van der Waals surface area (Å²) in [4.78, 5) is 27.2. The van der Waals surface area contributed by atoms with Crippen molar-refractivity contribution in [3.8, 4) is 0 Å². The second-order valence-corrected chi connectivity index (χ2v) is 9.47. The van der Waals surface area contributed by atoms with Crippen LogP contribution in [-0.4, -0.2) is 25.0 Å². The molecule has 0 bridgehead atoms. The molecule has 0 saturated heterocycles. The largest absolute Gasteiger partial charge is 0.467 e. The van der Waals surface area contributed by atoms with Gasteiger partial charge in [0.2, 0.25) is 5.91 Å². The van der Waals surface area contributed by atoms with E-state index in [1.54, 1.807) is 0 Å². The van der Waals surface area contributed by atoms with Crippen LogP contribution in [-0.2, 0) is 26.2 Å². The minimum absolute atomic E-state index is 0.290. The minimum atomic E-state index is -1.16. The van der Waals surface area contributed by atoms with Crippen LogP contribution in [0.25, 0.3) is 0 Å². The molecular weight excluding hydrogens is 549 g/mol. The summed E-state index contributed by atoms with van der Waals surface area (Å²) >= 11 is 2.24. The van der Waals surface area contributed by atoms with Crippen molar-refractivity contribution < 1.29 is 14.3 Å². The van der Waals surface area contributed by atoms with Crippen LogP contribution >= 0.6 is 22.6 Å². The van der Waals surface area contributed by atoms with Gasteiger partial charge in [-0.25, -0.2) is 4.79 Å². The molecular formula is C30H26INO3. The number of halogens is 1. The number of hydrogen-bond acceptors (Lipinski definition) is 3. The molecule has 0 unspecified atom stereocenters. The molecule has 0 saturated carbocycles. The molecule has 1 atom stereocenters. The number of hydrogen-bond donors (Lipinski definition) is 1. The Labute approximate surface area is 219 Å². The summed E-state index contributed by atoms with van der Waals surface area (Å²) in [5.74, 6) is -0.776. The molecule has 0 aliphatic rings. The molecule has 0 spiro atoms. The lowest BCUT2D eigenvalue weighted by molar-refractivity contribution is -0.145. The van der Waals surface area contributed by atoms with Crippen molar-refractivity contribution in [2.75, 3.05) is 7.11 Å². The summed E-state index contributed by atoms with van der Waals surface area (Å²) in [6.45, 7) is 0. The van der Waals surface area contributed by atoms with Crippen molar-refractivity contribution in [3.63, 3.8) is 0 Å². The molecule has 0 aromatic heterocycles. The fraction of sp³-hybridized carbons (Fsp3) is 0.133. The summed E-state index contributed by atoms with van der Waals surface area (Å²) in [5.41, 5.74) is 2.21. The van der Waals surface area contributed by atoms with Crippen LogP contribution in [0.5, 0.6) is 0 Å². The van der Waals surface area contributed by atoms with E-state index in [9.17, 15) is 9.59 Å². The Balaban J connectivity index is 1.84. The van der Waals surface area contributed by atoms with Crippen LogP contribution in [0.1, 0.15) is 22.3 Å². The van der Waals surface area contributed by atoms with Gasteiger partial charge in [0.1, 0.15) is 11.5 Å². The predicted molar refractivity (Wildman–Crippen MR) is 146 cm³/mol. The molecule has 4 aromatic carbocycles. The Morgan fingerprint density at radius 1 is 0.743 bits per heavy atom. The number of esters is 1. The number of carbonyl (C=O) groups is 2. The fourth-order valence-corrected chi connectivity index (χ4v) is 4.78. The maximum absolute atomic E-state index is 14.4. The molecule has 0 heterocycles. The molecule has 0 fully saturated rings. The lowest BCUT2D eigenvalue weighted by Gasteiger charge is -2.35. The van der Waals surface area contributed by atoms with Crippen molar-refractivity contribution in [2.45, 2.75) is 17.9 Å². The molecule has 4 rings (SSSR count). The van der Waals surface area contributed by atoms with Gasteiger partial charge < -0.3 is 10.1 Å². The van der Waals surface area contributed by atoms with E-state index in [0.29, 0.717) is 6.42 Å². The van der Waals surface area contributed by atoms with E-state index in [-0.39, 0.29) is 5.91 Å². The molecule has 0 aliphatic carbocycles. The number of benzene rings is 4. The summed E-state index contributed by atoms with van der Waals surface area (Å²) in [6.07, 6.45) is 0.323. The van der Waals surface area contributed by atoms with Gasteiger partial charge in [0.15, 0.2) is 0 Å². The lowest BCUT2D eigenvalue weighted by atomic mass is 9.68. The van der Waals surface area contributed by atoms with Crippen LogP contribution in [0, 0.1) is 3.57 Å². The van der Waals surface area contributed by atoms with Gasteiger partial charge in [-0.1, -0.05) is 103 Å². The molecule has 35 heavy (non-hydrogen) atoms. The third-order valence-corrected chi connectivity index (χ3v) is 6.82. The molecule has 1 amide bonds. The van der Waals surface area contributed by atoms with Gasteiger partial charge in [0.25, 0.3) is 0 Å². The zero-order valence-electron chi connectivity index (χ0n) is 19.4. The quantitative estimate of drug-likeness (QED) is 0.171. The molecule has 0 radical (unpaired) electrons. The van der Waals surface area contributed by atoms with Crippen molar-refractivity contribution >= 4 is 34.5 Å². The Morgan fingerprint density at radius 3 is 1.57 bits per heavy atom. The Hall–Kier alpha value is -3.45. The molecule has 5 heteroatoms. The van der Waals surface area contributed by atoms with Crippen LogP contribution < -0.4 is 5.32 Å². The topological polar surface area (TPSA) is 55.4 Å². The van der Waals surface area contributed by atoms with E-state index in [1.165, 1.54) is 7.11 Å². The first-order chi connectivity index (χ1) is 17.1. The maximum Gasteiger partial charge on any atom is 0.328 e. The van der Waals surface area contributed by atoms with E-state index in [1.807, 2.05) is 115 Å². The summed E-state index contributed by atoms with van der Waals surface area (Å²) in [6, 6.07) is 36.1. The van der Waals surface area contributed by atoms with Crippen LogP contribution in [0.3, 0.4) is 0 Å². The maximum atomic E-state index is 14.4. The van der Waals surface area contributed by atoms with Gasteiger partial charge in [-0.2, -0.15) is 0 Å². The first kappa shape index (κ1) is 24.7. The summed E-state index contributed by atoms with van der Waals surface area (Å²) < 4.78 is 6.18. The number of ether oxygens (including phenoxy) is 1. The standard InChI is InChI=1S/C30H26INO3/c1-35-28(33)27(21-22-17-19-26(31)20-18-22)32-29(34)30(23-11-5-2-6-12-23,24-13-7-3-8-14-24)25-15-9-4-10-16-25/h2-20,27H,21H2,1H3,(H,32,34)/t27-/m0/s1. The SMILES string of the molecule is COC(=O)[C@H](Cc1ccc(I)cc1)NC(=O)C(c1ccccc1)(c1ccccc1)c1ccccc1. The van der Waals surface area contributed by atoms with Gasteiger partial charge >= 0.3 is 5.97 Å². The highest BCUT2D eigenvalue weighted by molar-refractivity contribution is 14.1. The third-order valence-electron chi connectivity index (χ3n) is 6.11.